The van der Waals surface area contributed by atoms with E-state index in [9.17, 15) is 0 Å². The molecule has 0 aliphatic heterocycles. The van der Waals surface area contributed by atoms with Gasteiger partial charge >= 0.3 is 0 Å². The number of rotatable bonds is 5. The average molecular weight is 268 g/mol. The van der Waals surface area contributed by atoms with Gasteiger partial charge in [0.15, 0.2) is 0 Å². The summed E-state index contributed by atoms with van der Waals surface area (Å²) in [4.78, 5) is 0. The normalized spacial score (nSPS) is 12.0. The number of hydrogen-bond donors (Lipinski definition) is 2. The molecule has 0 heterocycles. The van der Waals surface area contributed by atoms with E-state index in [0.29, 0.717) is 5.92 Å². The van der Waals surface area contributed by atoms with Crippen LogP contribution in [0.2, 0.25) is 0 Å². The second-order valence-corrected chi connectivity index (χ2v) is 5.27. The van der Waals surface area contributed by atoms with Gasteiger partial charge in [-0.25, -0.2) is 0 Å². The minimum absolute atomic E-state index is 0.555. The van der Waals surface area contributed by atoms with Crippen molar-refractivity contribution in [1.29, 1.82) is 0 Å². The van der Waals surface area contributed by atoms with Crippen LogP contribution in [0.5, 0.6) is 0 Å². The molecule has 1 unspecified atom stereocenters. The Labute approximate surface area is 122 Å². The highest BCUT2D eigenvalue weighted by Crippen LogP contribution is 2.33. The molecule has 0 saturated heterocycles. The Bertz CT molecular complexity index is 575. The Morgan fingerprint density at radius 3 is 2.35 bits per heavy atom. The molecule has 0 aliphatic rings. The van der Waals surface area contributed by atoms with Crippen LogP contribution in [0, 0.1) is 6.92 Å². The Morgan fingerprint density at radius 1 is 1.00 bits per heavy atom. The van der Waals surface area contributed by atoms with Crippen LogP contribution in [0.1, 0.15) is 37.3 Å². The van der Waals surface area contributed by atoms with E-state index in [1.54, 1.807) is 0 Å². The summed E-state index contributed by atoms with van der Waals surface area (Å²) >= 11 is 0. The standard InChI is InChI=1S/C18H24N2/c1-5-13(2)15-10-8-9-14(3)18(15)20-17-12-7-6-11-16(17)19-4/h6-13,19-20H,5H2,1-4H3. The molecule has 2 heteroatoms. The van der Waals surface area contributed by atoms with Gasteiger partial charge in [0.25, 0.3) is 0 Å². The molecule has 0 amide bonds. The second-order valence-electron chi connectivity index (χ2n) is 5.27. The number of anilines is 3. The molecule has 0 spiro atoms. The molecule has 0 saturated carbocycles. The van der Waals surface area contributed by atoms with E-state index >= 15 is 0 Å². The number of aryl methyl sites for hydroxylation is 1. The zero-order chi connectivity index (χ0) is 14.5. The van der Waals surface area contributed by atoms with E-state index in [0.717, 1.165) is 17.8 Å². The summed E-state index contributed by atoms with van der Waals surface area (Å²) in [6.45, 7) is 6.68. The molecule has 0 bridgehead atoms. The zero-order valence-electron chi connectivity index (χ0n) is 12.8. The first-order valence-corrected chi connectivity index (χ1v) is 7.30. The fourth-order valence-electron chi connectivity index (χ4n) is 2.44. The fourth-order valence-corrected chi connectivity index (χ4v) is 2.44. The Balaban J connectivity index is 2.42. The second kappa shape index (κ2) is 6.47. The van der Waals surface area contributed by atoms with E-state index in [1.807, 2.05) is 13.1 Å². The third kappa shape index (κ3) is 2.96. The lowest BCUT2D eigenvalue weighted by Crippen LogP contribution is -2.03. The highest BCUT2D eigenvalue weighted by atomic mass is 14.9. The molecule has 0 radical (unpaired) electrons. The highest BCUT2D eigenvalue weighted by molar-refractivity contribution is 5.77. The van der Waals surface area contributed by atoms with Gasteiger partial charge in [-0.3, -0.25) is 0 Å². The summed E-state index contributed by atoms with van der Waals surface area (Å²) in [5.41, 5.74) is 6.15. The van der Waals surface area contributed by atoms with Crippen molar-refractivity contribution in [1.82, 2.24) is 0 Å². The lowest BCUT2D eigenvalue weighted by molar-refractivity contribution is 0.735. The van der Waals surface area contributed by atoms with Crippen molar-refractivity contribution in [2.45, 2.75) is 33.1 Å². The molecule has 2 N–H and O–H groups in total. The number of nitrogens with one attached hydrogen (secondary N) is 2. The van der Waals surface area contributed by atoms with Crippen LogP contribution in [0.4, 0.5) is 17.1 Å². The first-order chi connectivity index (χ1) is 9.67. The van der Waals surface area contributed by atoms with Gasteiger partial charge in [-0.15, -0.1) is 0 Å². The average Bonchev–Trinajstić information content (AvgIpc) is 2.49. The summed E-state index contributed by atoms with van der Waals surface area (Å²) in [5.74, 6) is 0.555. The van der Waals surface area contributed by atoms with Gasteiger partial charge < -0.3 is 10.6 Å². The van der Waals surface area contributed by atoms with Crippen LogP contribution in [0.25, 0.3) is 0 Å². The Morgan fingerprint density at radius 2 is 1.70 bits per heavy atom. The molecular weight excluding hydrogens is 244 g/mol. The maximum atomic E-state index is 3.61. The SMILES string of the molecule is CCC(C)c1cccc(C)c1Nc1ccccc1NC. The Kier molecular flexibility index (Phi) is 4.67. The van der Waals surface area contributed by atoms with Gasteiger partial charge in [0.2, 0.25) is 0 Å². The molecule has 20 heavy (non-hydrogen) atoms. The van der Waals surface area contributed by atoms with Crippen molar-refractivity contribution in [3.63, 3.8) is 0 Å². The van der Waals surface area contributed by atoms with E-state index in [1.165, 1.54) is 16.8 Å². The number of benzene rings is 2. The molecule has 2 rings (SSSR count). The van der Waals surface area contributed by atoms with Gasteiger partial charge in [0.05, 0.1) is 11.4 Å². The molecule has 2 aromatic rings. The molecular formula is C18H24N2. The summed E-state index contributed by atoms with van der Waals surface area (Å²) in [7, 11) is 1.95. The van der Waals surface area contributed by atoms with E-state index in [4.69, 9.17) is 0 Å². The van der Waals surface area contributed by atoms with Gasteiger partial charge in [-0.05, 0) is 42.5 Å². The first kappa shape index (κ1) is 14.4. The summed E-state index contributed by atoms with van der Waals surface area (Å²) in [5, 5.41) is 6.85. The number of hydrogen-bond acceptors (Lipinski definition) is 2. The minimum Gasteiger partial charge on any atom is -0.386 e. The van der Waals surface area contributed by atoms with Crippen LogP contribution in [-0.4, -0.2) is 7.05 Å². The van der Waals surface area contributed by atoms with Crippen molar-refractivity contribution < 1.29 is 0 Å². The lowest BCUT2D eigenvalue weighted by atomic mass is 9.94. The van der Waals surface area contributed by atoms with Crippen molar-refractivity contribution >= 4 is 17.1 Å². The van der Waals surface area contributed by atoms with E-state index < -0.39 is 0 Å². The largest absolute Gasteiger partial charge is 0.386 e. The third-order valence-corrected chi connectivity index (χ3v) is 3.90. The first-order valence-electron chi connectivity index (χ1n) is 7.30. The predicted molar refractivity (Wildman–Crippen MR) is 89.2 cm³/mol. The summed E-state index contributed by atoms with van der Waals surface area (Å²) < 4.78 is 0. The van der Waals surface area contributed by atoms with Gasteiger partial charge in [0.1, 0.15) is 0 Å². The molecule has 0 aliphatic carbocycles. The predicted octanol–water partition coefficient (Wildman–Crippen LogP) is 5.29. The number of para-hydroxylation sites is 3. The quantitative estimate of drug-likeness (QED) is 0.769. The topological polar surface area (TPSA) is 24.1 Å². The van der Waals surface area contributed by atoms with Crippen LogP contribution < -0.4 is 10.6 Å². The molecule has 106 valence electrons. The highest BCUT2D eigenvalue weighted by Gasteiger charge is 2.12. The maximum absolute atomic E-state index is 3.61. The molecule has 2 aromatic carbocycles. The van der Waals surface area contributed by atoms with Gasteiger partial charge in [-0.2, -0.15) is 0 Å². The van der Waals surface area contributed by atoms with Crippen molar-refractivity contribution in [3.05, 3.63) is 53.6 Å². The molecule has 0 fully saturated rings. The maximum Gasteiger partial charge on any atom is 0.0620 e. The van der Waals surface area contributed by atoms with E-state index in [-0.39, 0.29) is 0 Å². The smallest absolute Gasteiger partial charge is 0.0620 e. The van der Waals surface area contributed by atoms with Crippen molar-refractivity contribution in [3.8, 4) is 0 Å². The van der Waals surface area contributed by atoms with Crippen LogP contribution in [0.3, 0.4) is 0 Å². The van der Waals surface area contributed by atoms with Crippen LogP contribution in [0.15, 0.2) is 42.5 Å². The Hall–Kier alpha value is -1.96. The molecule has 0 aromatic heterocycles. The van der Waals surface area contributed by atoms with Crippen LogP contribution >= 0.6 is 0 Å². The molecule has 1 atom stereocenters. The van der Waals surface area contributed by atoms with Crippen LogP contribution in [-0.2, 0) is 0 Å². The fraction of sp³-hybridized carbons (Fsp3) is 0.333. The lowest BCUT2D eigenvalue weighted by Gasteiger charge is -2.20. The molecule has 2 nitrogen and oxygen atoms in total. The summed E-state index contributed by atoms with van der Waals surface area (Å²) in [6.07, 6.45) is 1.14. The zero-order valence-corrected chi connectivity index (χ0v) is 12.8. The third-order valence-electron chi connectivity index (χ3n) is 3.90. The van der Waals surface area contributed by atoms with Gasteiger partial charge in [-0.1, -0.05) is 44.2 Å². The monoisotopic (exact) mass is 268 g/mol. The van der Waals surface area contributed by atoms with Crippen molar-refractivity contribution in [2.24, 2.45) is 0 Å². The van der Waals surface area contributed by atoms with Gasteiger partial charge in [0, 0.05) is 12.7 Å². The van der Waals surface area contributed by atoms with Crippen molar-refractivity contribution in [2.75, 3.05) is 17.7 Å². The summed E-state index contributed by atoms with van der Waals surface area (Å²) in [6, 6.07) is 14.8. The van der Waals surface area contributed by atoms with E-state index in [2.05, 4.69) is 67.8 Å². The minimum atomic E-state index is 0.555.